The lowest BCUT2D eigenvalue weighted by molar-refractivity contribution is -0.150. The Morgan fingerprint density at radius 3 is 2.57 bits per heavy atom. The van der Waals surface area contributed by atoms with Crippen LogP contribution in [0.4, 0.5) is 5.69 Å². The van der Waals surface area contributed by atoms with Crippen molar-refractivity contribution >= 4 is 28.2 Å². The largest absolute Gasteiger partial charge is 0.375 e. The first kappa shape index (κ1) is 19.0. The topological polar surface area (TPSA) is 57.6 Å². The van der Waals surface area contributed by atoms with Crippen LogP contribution in [-0.4, -0.2) is 16.8 Å². The minimum absolute atomic E-state index is 0.00478. The molecule has 1 fully saturated rings. The summed E-state index contributed by atoms with van der Waals surface area (Å²) < 4.78 is 0. The molecule has 2 aliphatic rings. The highest BCUT2D eigenvalue weighted by Gasteiger charge is 2.56. The number of carbonyl (C=O) groups excluding carboxylic acids is 2. The van der Waals surface area contributed by atoms with E-state index in [2.05, 4.69) is 18.2 Å². The SMILES string of the molecule is O=C1CCCCC[C@@H]1[C@]1(O)C(=O)N(Cc2cccc3ccccc23)c2ccccc21. The van der Waals surface area contributed by atoms with E-state index in [1.54, 1.807) is 11.0 Å². The van der Waals surface area contributed by atoms with Crippen molar-refractivity contribution in [3.8, 4) is 0 Å². The third-order valence-corrected chi connectivity index (χ3v) is 6.69. The van der Waals surface area contributed by atoms with Gasteiger partial charge in [0.15, 0.2) is 5.60 Å². The average molecular weight is 399 g/mol. The molecule has 1 aliphatic heterocycles. The predicted molar refractivity (Wildman–Crippen MR) is 117 cm³/mol. The Labute approximate surface area is 176 Å². The van der Waals surface area contributed by atoms with E-state index in [4.69, 9.17) is 0 Å². The van der Waals surface area contributed by atoms with Gasteiger partial charge in [0.1, 0.15) is 5.78 Å². The number of Topliss-reactive ketones (excluding diaryl/α,β-unsaturated/α-hetero) is 1. The molecule has 3 aromatic rings. The molecule has 1 amide bonds. The number of para-hydroxylation sites is 1. The molecular formula is C26H25NO3. The summed E-state index contributed by atoms with van der Waals surface area (Å²) in [4.78, 5) is 28.2. The number of aliphatic hydroxyl groups is 1. The number of benzene rings is 3. The number of nitrogens with zero attached hydrogens (tertiary/aromatic N) is 1. The van der Waals surface area contributed by atoms with Crippen LogP contribution in [0.2, 0.25) is 0 Å². The van der Waals surface area contributed by atoms with Crippen LogP contribution in [0.5, 0.6) is 0 Å². The van der Waals surface area contributed by atoms with Crippen LogP contribution < -0.4 is 4.90 Å². The van der Waals surface area contributed by atoms with Crippen LogP contribution in [0.15, 0.2) is 66.7 Å². The van der Waals surface area contributed by atoms with Crippen molar-refractivity contribution in [1.82, 2.24) is 0 Å². The number of hydrogen-bond donors (Lipinski definition) is 1. The van der Waals surface area contributed by atoms with Gasteiger partial charge in [-0.25, -0.2) is 0 Å². The molecule has 0 bridgehead atoms. The van der Waals surface area contributed by atoms with Gasteiger partial charge in [-0.1, -0.05) is 73.5 Å². The number of ketones is 1. The van der Waals surface area contributed by atoms with Gasteiger partial charge in [0.05, 0.1) is 18.2 Å². The molecule has 0 radical (unpaired) electrons. The standard InChI is InChI=1S/C26H25NO3/c28-24-16-3-1-2-14-22(24)26(30)21-13-6-7-15-23(21)27(25(26)29)17-19-11-8-10-18-9-4-5-12-20(18)19/h4-13,15,22,30H,1-3,14,16-17H2/t22-,26-/m0/s1. The van der Waals surface area contributed by atoms with Crippen molar-refractivity contribution in [3.05, 3.63) is 77.9 Å². The Balaban J connectivity index is 1.59. The summed E-state index contributed by atoms with van der Waals surface area (Å²) in [5.74, 6) is -1.05. The van der Waals surface area contributed by atoms with Crippen molar-refractivity contribution in [2.45, 2.75) is 44.2 Å². The zero-order chi connectivity index (χ0) is 20.7. The molecule has 4 heteroatoms. The van der Waals surface area contributed by atoms with Gasteiger partial charge in [-0.05, 0) is 35.2 Å². The predicted octanol–water partition coefficient (Wildman–Crippen LogP) is 4.72. The van der Waals surface area contributed by atoms with E-state index in [0.29, 0.717) is 30.6 Å². The second-order valence-electron chi connectivity index (χ2n) is 8.43. The van der Waals surface area contributed by atoms with Gasteiger partial charge in [0, 0.05) is 12.0 Å². The van der Waals surface area contributed by atoms with Crippen LogP contribution >= 0.6 is 0 Å². The fourth-order valence-electron chi connectivity index (χ4n) is 5.16. The Morgan fingerprint density at radius 2 is 1.67 bits per heavy atom. The molecule has 1 heterocycles. The van der Waals surface area contributed by atoms with E-state index in [0.717, 1.165) is 35.6 Å². The summed E-state index contributed by atoms with van der Waals surface area (Å²) >= 11 is 0. The quantitative estimate of drug-likeness (QED) is 0.648. The lowest BCUT2D eigenvalue weighted by atomic mass is 9.77. The molecule has 3 aromatic carbocycles. The van der Waals surface area contributed by atoms with Gasteiger partial charge in [-0.2, -0.15) is 0 Å². The van der Waals surface area contributed by atoms with Crippen LogP contribution in [0.1, 0.15) is 43.2 Å². The van der Waals surface area contributed by atoms with E-state index in [-0.39, 0.29) is 11.7 Å². The van der Waals surface area contributed by atoms with Crippen LogP contribution in [0.3, 0.4) is 0 Å². The van der Waals surface area contributed by atoms with Gasteiger partial charge >= 0.3 is 0 Å². The summed E-state index contributed by atoms with van der Waals surface area (Å²) in [6.07, 6.45) is 3.65. The number of rotatable bonds is 3. The molecule has 1 aliphatic carbocycles. The second-order valence-corrected chi connectivity index (χ2v) is 8.43. The van der Waals surface area contributed by atoms with E-state index in [9.17, 15) is 14.7 Å². The first-order valence-corrected chi connectivity index (χ1v) is 10.7. The minimum Gasteiger partial charge on any atom is -0.375 e. The molecule has 0 unspecified atom stereocenters. The zero-order valence-electron chi connectivity index (χ0n) is 16.9. The summed E-state index contributed by atoms with van der Waals surface area (Å²) in [5.41, 5.74) is 0.515. The van der Waals surface area contributed by atoms with Crippen molar-refractivity contribution in [2.75, 3.05) is 4.90 Å². The highest BCUT2D eigenvalue weighted by Crippen LogP contribution is 2.48. The Morgan fingerprint density at radius 1 is 0.900 bits per heavy atom. The Kier molecular flexibility index (Phi) is 4.67. The maximum atomic E-state index is 13.7. The van der Waals surface area contributed by atoms with Crippen LogP contribution in [0.25, 0.3) is 10.8 Å². The molecule has 0 aromatic heterocycles. The molecule has 30 heavy (non-hydrogen) atoms. The molecule has 2 atom stereocenters. The van der Waals surface area contributed by atoms with E-state index in [1.165, 1.54) is 0 Å². The second kappa shape index (κ2) is 7.37. The van der Waals surface area contributed by atoms with Gasteiger partial charge in [-0.15, -0.1) is 0 Å². The third kappa shape index (κ3) is 2.86. The highest BCUT2D eigenvalue weighted by atomic mass is 16.3. The molecule has 1 N–H and O–H groups in total. The number of fused-ring (bicyclic) bond motifs is 2. The van der Waals surface area contributed by atoms with Crippen molar-refractivity contribution in [2.24, 2.45) is 5.92 Å². The minimum atomic E-state index is -1.78. The fourth-order valence-corrected chi connectivity index (χ4v) is 5.16. The third-order valence-electron chi connectivity index (χ3n) is 6.69. The average Bonchev–Trinajstić information content (AvgIpc) is 2.91. The van der Waals surface area contributed by atoms with Crippen molar-refractivity contribution in [1.29, 1.82) is 0 Å². The van der Waals surface area contributed by atoms with Gasteiger partial charge in [0.25, 0.3) is 5.91 Å². The monoisotopic (exact) mass is 399 g/mol. The number of anilines is 1. The van der Waals surface area contributed by atoms with Gasteiger partial charge < -0.3 is 10.0 Å². The van der Waals surface area contributed by atoms with E-state index < -0.39 is 11.5 Å². The lowest BCUT2D eigenvalue weighted by Gasteiger charge is -2.30. The first-order valence-electron chi connectivity index (χ1n) is 10.7. The first-order chi connectivity index (χ1) is 14.6. The van der Waals surface area contributed by atoms with E-state index >= 15 is 0 Å². The summed E-state index contributed by atoms with van der Waals surface area (Å²) in [7, 11) is 0. The Bertz CT molecular complexity index is 1130. The van der Waals surface area contributed by atoms with E-state index in [1.807, 2.05) is 42.5 Å². The van der Waals surface area contributed by atoms with Crippen molar-refractivity contribution in [3.63, 3.8) is 0 Å². The highest BCUT2D eigenvalue weighted by molar-refractivity contribution is 6.09. The number of hydrogen-bond acceptors (Lipinski definition) is 3. The maximum Gasteiger partial charge on any atom is 0.264 e. The normalized spacial score (nSPS) is 24.2. The zero-order valence-corrected chi connectivity index (χ0v) is 16.9. The fraction of sp³-hybridized carbons (Fsp3) is 0.308. The molecule has 5 rings (SSSR count). The summed E-state index contributed by atoms with van der Waals surface area (Å²) in [5, 5.41) is 14.0. The smallest absolute Gasteiger partial charge is 0.264 e. The number of carbonyl (C=O) groups is 2. The Hall–Kier alpha value is -2.98. The van der Waals surface area contributed by atoms with Crippen LogP contribution in [0, 0.1) is 5.92 Å². The van der Waals surface area contributed by atoms with Gasteiger partial charge in [-0.3, -0.25) is 9.59 Å². The molecule has 4 nitrogen and oxygen atoms in total. The summed E-state index contributed by atoms with van der Waals surface area (Å²) in [6, 6.07) is 21.5. The van der Waals surface area contributed by atoms with Crippen molar-refractivity contribution < 1.29 is 14.7 Å². The number of amides is 1. The van der Waals surface area contributed by atoms with Crippen LogP contribution in [-0.2, 0) is 21.7 Å². The molecular weight excluding hydrogens is 374 g/mol. The molecule has 1 saturated carbocycles. The lowest BCUT2D eigenvalue weighted by Crippen LogP contribution is -2.48. The van der Waals surface area contributed by atoms with Gasteiger partial charge in [0.2, 0.25) is 0 Å². The molecule has 152 valence electrons. The maximum absolute atomic E-state index is 13.7. The molecule has 0 saturated heterocycles. The summed E-state index contributed by atoms with van der Waals surface area (Å²) in [6.45, 7) is 0.362. The molecule has 0 spiro atoms.